The second-order valence-corrected chi connectivity index (χ2v) is 7.11. The Hall–Kier alpha value is -1.89. The van der Waals surface area contributed by atoms with Crippen LogP contribution >= 0.6 is 11.6 Å². The third kappa shape index (κ3) is 2.84. The summed E-state index contributed by atoms with van der Waals surface area (Å²) in [5.41, 5.74) is -0.501. The second kappa shape index (κ2) is 6.12. The minimum Gasteiger partial charge on any atom is -0.451 e. The van der Waals surface area contributed by atoms with Crippen LogP contribution in [-0.4, -0.2) is 54.7 Å². The molecule has 25 heavy (non-hydrogen) atoms. The van der Waals surface area contributed by atoms with Crippen molar-refractivity contribution in [2.45, 2.75) is 18.6 Å². The van der Waals surface area contributed by atoms with E-state index in [4.69, 9.17) is 20.8 Å². The third-order valence-electron chi connectivity index (χ3n) is 5.09. The van der Waals surface area contributed by atoms with Gasteiger partial charge >= 0.3 is 0 Å². The van der Waals surface area contributed by atoms with Gasteiger partial charge in [0, 0.05) is 43.6 Å². The van der Waals surface area contributed by atoms with Crippen LogP contribution in [0.25, 0.3) is 11.0 Å². The first-order valence-corrected chi connectivity index (χ1v) is 8.74. The van der Waals surface area contributed by atoms with Crippen molar-refractivity contribution in [3.8, 4) is 0 Å². The second-order valence-electron chi connectivity index (χ2n) is 6.67. The molecule has 1 spiro atoms. The van der Waals surface area contributed by atoms with Gasteiger partial charge in [-0.3, -0.25) is 9.59 Å². The quantitative estimate of drug-likeness (QED) is 0.779. The van der Waals surface area contributed by atoms with Crippen molar-refractivity contribution in [2.24, 2.45) is 0 Å². The van der Waals surface area contributed by atoms with E-state index in [9.17, 15) is 9.59 Å². The van der Waals surface area contributed by atoms with Crippen LogP contribution in [0.5, 0.6) is 0 Å². The van der Waals surface area contributed by atoms with Crippen LogP contribution in [0, 0.1) is 0 Å². The molecule has 1 aromatic heterocycles. The SMILES string of the molecule is CN1CCC2(CC1)OCCN2C(=O)c1cc(=O)c2cc(Cl)ccc2o1. The zero-order chi connectivity index (χ0) is 17.6. The van der Waals surface area contributed by atoms with E-state index in [-0.39, 0.29) is 17.1 Å². The van der Waals surface area contributed by atoms with E-state index in [0.717, 1.165) is 25.9 Å². The van der Waals surface area contributed by atoms with E-state index < -0.39 is 5.72 Å². The molecule has 2 aromatic rings. The number of fused-ring (bicyclic) bond motifs is 1. The number of amides is 1. The number of rotatable bonds is 1. The summed E-state index contributed by atoms with van der Waals surface area (Å²) in [6.45, 7) is 2.74. The molecule has 0 saturated carbocycles. The van der Waals surface area contributed by atoms with Crippen LogP contribution < -0.4 is 5.43 Å². The number of halogens is 1. The summed E-state index contributed by atoms with van der Waals surface area (Å²) in [5, 5.41) is 0.827. The Morgan fingerprint density at radius 3 is 2.72 bits per heavy atom. The molecule has 1 amide bonds. The molecule has 2 aliphatic heterocycles. The Kier molecular flexibility index (Phi) is 4.06. The highest BCUT2D eigenvalue weighted by atomic mass is 35.5. The molecule has 7 heteroatoms. The van der Waals surface area contributed by atoms with Crippen molar-refractivity contribution in [1.29, 1.82) is 0 Å². The Bertz CT molecular complexity index is 886. The van der Waals surface area contributed by atoms with Gasteiger partial charge in [0.05, 0.1) is 12.0 Å². The number of carbonyl (C=O) groups is 1. The number of hydrogen-bond donors (Lipinski definition) is 0. The highest BCUT2D eigenvalue weighted by Gasteiger charge is 2.47. The molecule has 0 radical (unpaired) electrons. The van der Waals surface area contributed by atoms with E-state index in [0.29, 0.717) is 29.1 Å². The number of piperidine rings is 1. The largest absolute Gasteiger partial charge is 0.451 e. The molecule has 1 aromatic carbocycles. The average Bonchev–Trinajstić information content (AvgIpc) is 3.01. The van der Waals surface area contributed by atoms with Crippen LogP contribution in [0.15, 0.2) is 33.5 Å². The molecule has 0 atom stereocenters. The number of benzene rings is 1. The van der Waals surface area contributed by atoms with Crippen molar-refractivity contribution in [3.05, 3.63) is 45.3 Å². The van der Waals surface area contributed by atoms with Gasteiger partial charge in [-0.25, -0.2) is 0 Å². The third-order valence-corrected chi connectivity index (χ3v) is 5.33. The number of ether oxygens (including phenoxy) is 1. The summed E-state index contributed by atoms with van der Waals surface area (Å²) in [4.78, 5) is 29.3. The van der Waals surface area contributed by atoms with Crippen molar-refractivity contribution < 1.29 is 13.9 Å². The van der Waals surface area contributed by atoms with Gasteiger partial charge in [-0.05, 0) is 25.2 Å². The lowest BCUT2D eigenvalue weighted by Gasteiger charge is -2.42. The summed E-state index contributed by atoms with van der Waals surface area (Å²) >= 11 is 5.93. The standard InChI is InChI=1S/C18H19ClN2O4/c1-20-6-4-18(5-7-20)21(8-9-24-18)17(23)16-11-14(22)13-10-12(19)2-3-15(13)25-16/h2-3,10-11H,4-9H2,1H3. The summed E-state index contributed by atoms with van der Waals surface area (Å²) in [5.74, 6) is -0.250. The lowest BCUT2D eigenvalue weighted by atomic mass is 9.99. The molecular weight excluding hydrogens is 344 g/mol. The number of likely N-dealkylation sites (tertiary alicyclic amines) is 1. The fourth-order valence-electron chi connectivity index (χ4n) is 3.64. The normalized spacial score (nSPS) is 20.5. The maximum atomic E-state index is 13.0. The van der Waals surface area contributed by atoms with Crippen molar-refractivity contribution in [1.82, 2.24) is 9.80 Å². The van der Waals surface area contributed by atoms with Gasteiger partial charge < -0.3 is 19.0 Å². The summed E-state index contributed by atoms with van der Waals surface area (Å²) in [7, 11) is 2.06. The molecule has 0 N–H and O–H groups in total. The minimum absolute atomic E-state index is 0.0450. The Morgan fingerprint density at radius 2 is 1.96 bits per heavy atom. The molecule has 6 nitrogen and oxygen atoms in total. The maximum Gasteiger partial charge on any atom is 0.292 e. The highest BCUT2D eigenvalue weighted by Crippen LogP contribution is 2.35. The minimum atomic E-state index is -0.586. The first-order chi connectivity index (χ1) is 12.0. The summed E-state index contributed by atoms with van der Waals surface area (Å²) < 4.78 is 11.7. The number of nitrogens with zero attached hydrogens (tertiary/aromatic N) is 2. The van der Waals surface area contributed by atoms with Crippen LogP contribution in [-0.2, 0) is 4.74 Å². The van der Waals surface area contributed by atoms with Crippen LogP contribution in [0.3, 0.4) is 0 Å². The van der Waals surface area contributed by atoms with Gasteiger partial charge in [0.25, 0.3) is 5.91 Å². The van der Waals surface area contributed by atoms with Gasteiger partial charge in [-0.1, -0.05) is 11.6 Å². The molecule has 2 saturated heterocycles. The Balaban J connectivity index is 1.70. The van der Waals surface area contributed by atoms with Gasteiger partial charge in [-0.15, -0.1) is 0 Å². The van der Waals surface area contributed by atoms with Crippen LogP contribution in [0.2, 0.25) is 5.02 Å². The molecular formula is C18H19ClN2O4. The average molecular weight is 363 g/mol. The first-order valence-electron chi connectivity index (χ1n) is 8.36. The summed E-state index contributed by atoms with van der Waals surface area (Å²) in [6.07, 6.45) is 1.51. The van der Waals surface area contributed by atoms with Gasteiger partial charge in [0.1, 0.15) is 11.3 Å². The van der Waals surface area contributed by atoms with E-state index in [1.54, 1.807) is 23.1 Å². The predicted octanol–water partition coefficient (Wildman–Crippen LogP) is 2.34. The van der Waals surface area contributed by atoms with E-state index in [1.807, 2.05) is 0 Å². The lowest BCUT2D eigenvalue weighted by Crippen LogP contribution is -2.54. The first kappa shape index (κ1) is 16.6. The van der Waals surface area contributed by atoms with Crippen molar-refractivity contribution >= 4 is 28.5 Å². The van der Waals surface area contributed by atoms with Gasteiger partial charge in [-0.2, -0.15) is 0 Å². The van der Waals surface area contributed by atoms with Gasteiger partial charge in [0.2, 0.25) is 0 Å². The van der Waals surface area contributed by atoms with E-state index in [2.05, 4.69) is 11.9 Å². The van der Waals surface area contributed by atoms with Crippen molar-refractivity contribution in [3.63, 3.8) is 0 Å². The van der Waals surface area contributed by atoms with E-state index in [1.165, 1.54) is 6.07 Å². The summed E-state index contributed by atoms with van der Waals surface area (Å²) in [6, 6.07) is 6.05. The molecule has 0 aliphatic carbocycles. The van der Waals surface area contributed by atoms with Crippen LogP contribution in [0.4, 0.5) is 0 Å². The zero-order valence-electron chi connectivity index (χ0n) is 14.0. The zero-order valence-corrected chi connectivity index (χ0v) is 14.7. The molecule has 0 bridgehead atoms. The number of hydrogen-bond acceptors (Lipinski definition) is 5. The molecule has 2 aliphatic rings. The Labute approximate surface area is 149 Å². The molecule has 3 heterocycles. The highest BCUT2D eigenvalue weighted by molar-refractivity contribution is 6.31. The predicted molar refractivity (Wildman–Crippen MR) is 93.9 cm³/mol. The number of carbonyl (C=O) groups excluding carboxylic acids is 1. The molecule has 2 fully saturated rings. The smallest absolute Gasteiger partial charge is 0.292 e. The molecule has 132 valence electrons. The fourth-order valence-corrected chi connectivity index (χ4v) is 3.82. The van der Waals surface area contributed by atoms with Crippen LogP contribution in [0.1, 0.15) is 23.4 Å². The maximum absolute atomic E-state index is 13.0. The lowest BCUT2D eigenvalue weighted by molar-refractivity contribution is -0.103. The van der Waals surface area contributed by atoms with E-state index >= 15 is 0 Å². The fraction of sp³-hybridized carbons (Fsp3) is 0.444. The molecule has 4 rings (SSSR count). The molecule has 0 unspecified atom stereocenters. The van der Waals surface area contributed by atoms with Gasteiger partial charge in [0.15, 0.2) is 11.2 Å². The van der Waals surface area contributed by atoms with Crippen molar-refractivity contribution in [2.75, 3.05) is 33.3 Å². The topological polar surface area (TPSA) is 63.0 Å². The Morgan fingerprint density at radius 1 is 1.20 bits per heavy atom. The monoisotopic (exact) mass is 362 g/mol.